The molecule has 0 saturated carbocycles. The van der Waals surface area contributed by atoms with Crippen molar-refractivity contribution in [1.82, 2.24) is 0 Å². The van der Waals surface area contributed by atoms with E-state index in [2.05, 4.69) is 57.2 Å². The summed E-state index contributed by atoms with van der Waals surface area (Å²) in [5.74, 6) is -1.44. The van der Waals surface area contributed by atoms with E-state index >= 15 is 0 Å². The van der Waals surface area contributed by atoms with Gasteiger partial charge in [-0.05, 0) is 77.0 Å². The molecule has 0 aliphatic rings. The first-order chi connectivity index (χ1) is 38.2. The summed E-state index contributed by atoms with van der Waals surface area (Å²) in [7, 11) is -4.75. The molecule has 2 N–H and O–H groups in total. The van der Waals surface area contributed by atoms with Gasteiger partial charge in [-0.3, -0.25) is 23.4 Å². The van der Waals surface area contributed by atoms with Gasteiger partial charge in [-0.2, -0.15) is 0 Å². The molecule has 0 aliphatic heterocycles. The molecule has 0 rings (SSSR count). The molecule has 11 nitrogen and oxygen atoms in total. The Balaban J connectivity index is 4.67. The van der Waals surface area contributed by atoms with E-state index in [-0.39, 0.29) is 25.9 Å². The lowest BCUT2D eigenvalue weighted by molar-refractivity contribution is -0.161. The second-order valence-electron chi connectivity index (χ2n) is 22.3. The van der Waals surface area contributed by atoms with E-state index in [0.29, 0.717) is 19.3 Å². The third-order valence-electron chi connectivity index (χ3n) is 14.5. The van der Waals surface area contributed by atoms with Crippen LogP contribution in [0.4, 0.5) is 0 Å². The van der Waals surface area contributed by atoms with Crippen molar-refractivity contribution in [3.05, 3.63) is 36.5 Å². The Morgan fingerprint density at radius 3 is 0.987 bits per heavy atom. The summed E-state index contributed by atoms with van der Waals surface area (Å²) in [6.07, 6.45) is 65.2. The minimum atomic E-state index is -4.75. The zero-order valence-electron chi connectivity index (χ0n) is 50.9. The van der Waals surface area contributed by atoms with E-state index in [1.165, 1.54) is 199 Å². The molecule has 0 aliphatic carbocycles. The quantitative estimate of drug-likeness (QED) is 0.0197. The lowest BCUT2D eigenvalue weighted by Gasteiger charge is -2.21. The largest absolute Gasteiger partial charge is 0.472 e. The van der Waals surface area contributed by atoms with Crippen LogP contribution in [-0.4, -0.2) is 66.5 Å². The zero-order chi connectivity index (χ0) is 56.9. The van der Waals surface area contributed by atoms with Crippen LogP contribution in [0.3, 0.4) is 0 Å². The zero-order valence-corrected chi connectivity index (χ0v) is 51.8. The van der Waals surface area contributed by atoms with Gasteiger partial charge in [-0.25, -0.2) is 4.57 Å². The standard InChI is InChI=1S/C66H123O11P/c1-4-7-10-13-16-19-22-25-27-29-31-33-35-38-40-43-46-49-52-55-64(68)73-59-63(77-66(70)57-54-51-48-45-42-39-36-34-32-30-28-26-23-20-17-14-11-8-5-2)61-75-78(71,72)74-60-62(58-67)76-65(69)56-53-50-47-44-41-37-24-21-18-15-12-9-6-3/h16,19,25-28,62-63,67H,4-15,17-18,20-24,29-61H2,1-3H3,(H,71,72)/b19-16-,27-25-,28-26-. The van der Waals surface area contributed by atoms with E-state index < -0.39 is 57.8 Å². The van der Waals surface area contributed by atoms with E-state index in [1.54, 1.807) is 0 Å². The number of ether oxygens (including phenoxy) is 3. The molecule has 3 unspecified atom stereocenters. The molecule has 0 amide bonds. The molecule has 12 heteroatoms. The number of hydrogen-bond donors (Lipinski definition) is 2. The number of carbonyl (C=O) groups excluding carboxylic acids is 3. The summed E-state index contributed by atoms with van der Waals surface area (Å²) in [5, 5.41) is 9.84. The van der Waals surface area contributed by atoms with Crippen LogP contribution in [0.15, 0.2) is 36.5 Å². The summed E-state index contributed by atoms with van der Waals surface area (Å²) < 4.78 is 39.7. The summed E-state index contributed by atoms with van der Waals surface area (Å²) in [6.45, 7) is 4.68. The Hall–Kier alpha value is -2.30. The SMILES string of the molecule is CCCCC/C=C\C/C=C\CCCCCCCCCCCC(=O)OCC(COP(=O)(O)OCC(CO)OC(=O)CCCCCCCCCCCCCCC)OC(=O)CCCCCCCCCCC/C=C\CCCCCCCC. The monoisotopic (exact) mass is 1120 g/mol. The molecule has 0 radical (unpaired) electrons. The number of carbonyl (C=O) groups is 3. The number of aliphatic hydroxyl groups is 1. The summed E-state index contributed by atoms with van der Waals surface area (Å²) >= 11 is 0. The molecule has 0 saturated heterocycles. The molecule has 0 aromatic rings. The summed E-state index contributed by atoms with van der Waals surface area (Å²) in [4.78, 5) is 48.8. The Bertz CT molecular complexity index is 1450. The Morgan fingerprint density at radius 2 is 0.628 bits per heavy atom. The molecular formula is C66H123O11P. The molecular weight excluding hydrogens is 1000 g/mol. The Kier molecular flexibility index (Phi) is 59.0. The second-order valence-corrected chi connectivity index (χ2v) is 23.7. The fraction of sp³-hybridized carbons (Fsp3) is 0.864. The fourth-order valence-corrected chi connectivity index (χ4v) is 10.3. The molecule has 458 valence electrons. The number of aliphatic hydroxyl groups excluding tert-OH is 1. The first-order valence-electron chi connectivity index (χ1n) is 32.9. The van der Waals surface area contributed by atoms with Crippen LogP contribution in [-0.2, 0) is 42.2 Å². The summed E-state index contributed by atoms with van der Waals surface area (Å²) in [6, 6.07) is 0. The van der Waals surface area contributed by atoms with Crippen LogP contribution in [0.25, 0.3) is 0 Å². The van der Waals surface area contributed by atoms with Crippen molar-refractivity contribution < 1.29 is 52.2 Å². The topological polar surface area (TPSA) is 155 Å². The van der Waals surface area contributed by atoms with E-state index in [1.807, 2.05) is 0 Å². The molecule has 0 bridgehead atoms. The average Bonchev–Trinajstić information content (AvgIpc) is 3.43. The van der Waals surface area contributed by atoms with Crippen LogP contribution in [0.2, 0.25) is 0 Å². The smallest absolute Gasteiger partial charge is 0.462 e. The van der Waals surface area contributed by atoms with Gasteiger partial charge in [-0.15, -0.1) is 0 Å². The lowest BCUT2D eigenvalue weighted by atomic mass is 10.0. The van der Waals surface area contributed by atoms with Crippen molar-refractivity contribution in [3.8, 4) is 0 Å². The average molecular weight is 1120 g/mol. The maximum absolute atomic E-state index is 13.0. The van der Waals surface area contributed by atoms with Gasteiger partial charge in [0, 0.05) is 19.3 Å². The maximum Gasteiger partial charge on any atom is 0.472 e. The van der Waals surface area contributed by atoms with Crippen molar-refractivity contribution >= 4 is 25.7 Å². The van der Waals surface area contributed by atoms with Crippen LogP contribution in [0.1, 0.15) is 329 Å². The van der Waals surface area contributed by atoms with Crippen molar-refractivity contribution in [2.75, 3.05) is 26.4 Å². The second kappa shape index (κ2) is 60.8. The number of rotatable bonds is 62. The van der Waals surface area contributed by atoms with Crippen molar-refractivity contribution in [2.45, 2.75) is 341 Å². The number of phosphoric ester groups is 1. The molecule has 0 heterocycles. The molecule has 0 aromatic carbocycles. The van der Waals surface area contributed by atoms with Crippen LogP contribution < -0.4 is 0 Å². The highest BCUT2D eigenvalue weighted by Crippen LogP contribution is 2.43. The third kappa shape index (κ3) is 58.4. The molecule has 78 heavy (non-hydrogen) atoms. The van der Waals surface area contributed by atoms with Crippen LogP contribution >= 0.6 is 7.82 Å². The molecule has 0 fully saturated rings. The van der Waals surface area contributed by atoms with Gasteiger partial charge in [0.25, 0.3) is 0 Å². The maximum atomic E-state index is 13.0. The molecule has 0 aromatic heterocycles. The van der Waals surface area contributed by atoms with Gasteiger partial charge in [0.1, 0.15) is 12.7 Å². The van der Waals surface area contributed by atoms with E-state index in [4.69, 9.17) is 23.3 Å². The highest BCUT2D eigenvalue weighted by Gasteiger charge is 2.28. The number of hydrogen-bond acceptors (Lipinski definition) is 10. The highest BCUT2D eigenvalue weighted by molar-refractivity contribution is 7.47. The predicted molar refractivity (Wildman–Crippen MR) is 326 cm³/mol. The number of unbranched alkanes of at least 4 members (excludes halogenated alkanes) is 39. The lowest BCUT2D eigenvalue weighted by Crippen LogP contribution is -2.30. The van der Waals surface area contributed by atoms with Gasteiger partial charge in [0.15, 0.2) is 6.10 Å². The third-order valence-corrected chi connectivity index (χ3v) is 15.5. The minimum absolute atomic E-state index is 0.168. The normalized spacial score (nSPS) is 13.4. The predicted octanol–water partition coefficient (Wildman–Crippen LogP) is 19.9. The Labute approximate surface area is 480 Å². The van der Waals surface area contributed by atoms with E-state index in [9.17, 15) is 28.9 Å². The number of esters is 3. The summed E-state index contributed by atoms with van der Waals surface area (Å²) in [5.41, 5.74) is 0. The first-order valence-corrected chi connectivity index (χ1v) is 34.4. The van der Waals surface area contributed by atoms with Crippen LogP contribution in [0.5, 0.6) is 0 Å². The van der Waals surface area contributed by atoms with Gasteiger partial charge >= 0.3 is 25.7 Å². The van der Waals surface area contributed by atoms with Gasteiger partial charge in [-0.1, -0.05) is 269 Å². The number of phosphoric acid groups is 1. The first kappa shape index (κ1) is 75.7. The molecule has 0 spiro atoms. The highest BCUT2D eigenvalue weighted by atomic mass is 31.2. The van der Waals surface area contributed by atoms with Gasteiger partial charge in [0.05, 0.1) is 19.8 Å². The van der Waals surface area contributed by atoms with Gasteiger partial charge in [0.2, 0.25) is 0 Å². The number of allylic oxidation sites excluding steroid dienone is 6. The van der Waals surface area contributed by atoms with Crippen LogP contribution in [0, 0.1) is 0 Å². The Morgan fingerprint density at radius 1 is 0.359 bits per heavy atom. The fourth-order valence-electron chi connectivity index (χ4n) is 9.50. The van der Waals surface area contributed by atoms with E-state index in [0.717, 1.165) is 70.6 Å². The van der Waals surface area contributed by atoms with Crippen molar-refractivity contribution in [3.63, 3.8) is 0 Å². The minimum Gasteiger partial charge on any atom is -0.462 e. The van der Waals surface area contributed by atoms with Crippen molar-refractivity contribution in [1.29, 1.82) is 0 Å². The van der Waals surface area contributed by atoms with Gasteiger partial charge < -0.3 is 24.2 Å². The molecule has 3 atom stereocenters. The van der Waals surface area contributed by atoms with Crippen molar-refractivity contribution in [2.24, 2.45) is 0 Å².